The number of benzene rings is 2. The molecule has 1 heterocycles. The van der Waals surface area contributed by atoms with Crippen LogP contribution in [0.5, 0.6) is 17.2 Å². The average molecular weight is 438 g/mol. The van der Waals surface area contributed by atoms with Gasteiger partial charge in [0.05, 0.1) is 6.10 Å². The lowest BCUT2D eigenvalue weighted by molar-refractivity contribution is 0.0406. The normalized spacial score (nSPS) is 27.1. The van der Waals surface area contributed by atoms with E-state index in [1.807, 2.05) is 6.08 Å². The Bertz CT molecular complexity index is 1080. The van der Waals surface area contributed by atoms with Gasteiger partial charge in [0.15, 0.2) is 0 Å². The summed E-state index contributed by atoms with van der Waals surface area (Å²) in [5.74, 6) is 0.595. The van der Waals surface area contributed by atoms with E-state index in [2.05, 4.69) is 4.99 Å². The maximum atomic E-state index is 14.2. The second kappa shape index (κ2) is 8.58. The maximum Gasteiger partial charge on any atom is 0.128 e. The van der Waals surface area contributed by atoms with Crippen LogP contribution in [0.1, 0.15) is 54.9 Å². The number of rotatable bonds is 4. The van der Waals surface area contributed by atoms with Crippen LogP contribution in [0.4, 0.5) is 4.39 Å². The number of ether oxygens (including phenoxy) is 1. The summed E-state index contributed by atoms with van der Waals surface area (Å²) in [4.78, 5) is 4.22. The Kier molecular flexibility index (Phi) is 5.64. The monoisotopic (exact) mass is 437 g/mol. The number of hydrogen-bond donors (Lipinski definition) is 3. The quantitative estimate of drug-likeness (QED) is 0.633. The van der Waals surface area contributed by atoms with Gasteiger partial charge >= 0.3 is 0 Å². The van der Waals surface area contributed by atoms with Crippen molar-refractivity contribution in [2.24, 2.45) is 16.8 Å². The number of aliphatic imine (C=N–C) groups is 1. The van der Waals surface area contributed by atoms with Crippen LogP contribution in [0.2, 0.25) is 0 Å². The summed E-state index contributed by atoms with van der Waals surface area (Å²) in [5.41, 5.74) is 3.22. The zero-order valence-corrected chi connectivity index (χ0v) is 17.9. The van der Waals surface area contributed by atoms with Crippen LogP contribution in [0.3, 0.4) is 0 Å². The van der Waals surface area contributed by atoms with Crippen molar-refractivity contribution in [1.29, 1.82) is 0 Å². The number of fused-ring (bicyclic) bond motifs is 1. The summed E-state index contributed by atoms with van der Waals surface area (Å²) in [6.45, 7) is 0.651. The van der Waals surface area contributed by atoms with Crippen molar-refractivity contribution in [3.63, 3.8) is 0 Å². The lowest BCUT2D eigenvalue weighted by atomic mass is 9.76. The Labute approximate surface area is 186 Å². The van der Waals surface area contributed by atoms with E-state index >= 15 is 0 Å². The molecule has 0 aromatic heterocycles. The van der Waals surface area contributed by atoms with Gasteiger partial charge in [-0.3, -0.25) is 4.99 Å². The van der Waals surface area contributed by atoms with Crippen molar-refractivity contribution >= 4 is 11.8 Å². The summed E-state index contributed by atoms with van der Waals surface area (Å²) in [7, 11) is 0. The molecule has 3 aliphatic rings. The molecule has 1 saturated carbocycles. The van der Waals surface area contributed by atoms with Crippen LogP contribution in [-0.2, 0) is 6.42 Å². The van der Waals surface area contributed by atoms with Crippen LogP contribution in [0.15, 0.2) is 41.4 Å². The summed E-state index contributed by atoms with van der Waals surface area (Å²) < 4.78 is 20.8. The molecule has 0 radical (unpaired) electrons. The minimum atomic E-state index is -0.402. The van der Waals surface area contributed by atoms with E-state index in [0.717, 1.165) is 36.0 Å². The number of phenolic OH excluding ortho intramolecular Hbond substituents is 2. The number of aromatic hydroxyl groups is 2. The lowest BCUT2D eigenvalue weighted by Crippen LogP contribution is -2.29. The van der Waals surface area contributed by atoms with Crippen LogP contribution < -0.4 is 4.74 Å². The molecule has 0 bridgehead atoms. The molecular weight excluding hydrogens is 409 g/mol. The fraction of sp³-hybridized carbons (Fsp3) is 0.423. The molecule has 5 nitrogen and oxygen atoms in total. The molecule has 0 amide bonds. The highest BCUT2D eigenvalue weighted by molar-refractivity contribution is 5.87. The number of dihydropyridines is 1. The van der Waals surface area contributed by atoms with E-state index in [1.165, 1.54) is 18.2 Å². The first-order valence-electron chi connectivity index (χ1n) is 11.4. The van der Waals surface area contributed by atoms with Crippen molar-refractivity contribution in [3.05, 3.63) is 58.9 Å². The number of halogens is 1. The molecule has 3 N–H and O–H groups in total. The largest absolute Gasteiger partial charge is 0.508 e. The molecule has 1 aliphatic heterocycles. The Morgan fingerprint density at radius 2 is 1.97 bits per heavy atom. The highest BCUT2D eigenvalue weighted by Crippen LogP contribution is 2.51. The zero-order valence-electron chi connectivity index (χ0n) is 17.9. The minimum absolute atomic E-state index is 0.00953. The van der Waals surface area contributed by atoms with Crippen molar-refractivity contribution in [1.82, 2.24) is 0 Å². The predicted octanol–water partition coefficient (Wildman–Crippen LogP) is 4.94. The van der Waals surface area contributed by atoms with E-state index < -0.39 is 6.10 Å². The Morgan fingerprint density at radius 1 is 1.09 bits per heavy atom. The van der Waals surface area contributed by atoms with Gasteiger partial charge in [-0.15, -0.1) is 0 Å². The Hall–Kier alpha value is -2.86. The zero-order chi connectivity index (χ0) is 22.2. The summed E-state index contributed by atoms with van der Waals surface area (Å²) in [5, 5.41) is 31.0. The van der Waals surface area contributed by atoms with Gasteiger partial charge in [0.1, 0.15) is 29.2 Å². The predicted molar refractivity (Wildman–Crippen MR) is 121 cm³/mol. The van der Waals surface area contributed by atoms with Crippen LogP contribution in [-0.4, -0.2) is 34.2 Å². The third-order valence-electron chi connectivity index (χ3n) is 7.11. The first-order valence-corrected chi connectivity index (χ1v) is 11.4. The van der Waals surface area contributed by atoms with Gasteiger partial charge < -0.3 is 20.1 Å². The molecule has 32 heavy (non-hydrogen) atoms. The maximum absolute atomic E-state index is 14.2. The van der Waals surface area contributed by atoms with Gasteiger partial charge in [-0.05, 0) is 73.9 Å². The molecule has 5 rings (SSSR count). The van der Waals surface area contributed by atoms with Gasteiger partial charge in [-0.25, -0.2) is 4.39 Å². The van der Waals surface area contributed by atoms with Gasteiger partial charge in [0, 0.05) is 41.4 Å². The van der Waals surface area contributed by atoms with E-state index in [9.17, 15) is 19.7 Å². The van der Waals surface area contributed by atoms with Crippen LogP contribution >= 0.6 is 0 Å². The number of nitrogens with zero attached hydrogens (tertiary/aromatic N) is 1. The molecule has 4 atom stereocenters. The molecule has 4 unspecified atom stereocenters. The van der Waals surface area contributed by atoms with E-state index in [0.29, 0.717) is 37.1 Å². The molecule has 6 heteroatoms. The van der Waals surface area contributed by atoms with E-state index in [-0.39, 0.29) is 35.3 Å². The molecule has 2 aromatic carbocycles. The topological polar surface area (TPSA) is 82.3 Å². The third-order valence-corrected chi connectivity index (χ3v) is 7.11. The van der Waals surface area contributed by atoms with Crippen molar-refractivity contribution in [2.45, 2.75) is 50.7 Å². The standard InChI is InChI=1S/C26H28FNO4/c27-17-4-5-25(20(11-17)15-6-8-28-9-7-15)32-26-21(16-2-1-3-18(29)10-16)14-22-23(26)12-19(30)13-24(22)31/h4-6,8,11-13,16,18,21,26,29-31H,1-3,7,9-10,14H2. The summed E-state index contributed by atoms with van der Waals surface area (Å²) in [6, 6.07) is 7.57. The third kappa shape index (κ3) is 3.99. The van der Waals surface area contributed by atoms with Gasteiger partial charge in [0.25, 0.3) is 0 Å². The highest BCUT2D eigenvalue weighted by Gasteiger charge is 2.42. The van der Waals surface area contributed by atoms with Gasteiger partial charge in [-0.2, -0.15) is 0 Å². The van der Waals surface area contributed by atoms with E-state index in [1.54, 1.807) is 18.3 Å². The minimum Gasteiger partial charge on any atom is -0.508 e. The molecule has 168 valence electrons. The number of phenols is 2. The van der Waals surface area contributed by atoms with Crippen molar-refractivity contribution < 1.29 is 24.4 Å². The fourth-order valence-electron chi connectivity index (χ4n) is 5.57. The Balaban J connectivity index is 1.55. The van der Waals surface area contributed by atoms with Gasteiger partial charge in [-0.1, -0.05) is 6.42 Å². The molecular formula is C26H28FNO4. The molecule has 2 aliphatic carbocycles. The first-order chi connectivity index (χ1) is 15.5. The first kappa shape index (κ1) is 21.0. The molecule has 0 saturated heterocycles. The molecule has 0 spiro atoms. The van der Waals surface area contributed by atoms with Crippen LogP contribution in [0, 0.1) is 17.7 Å². The molecule has 2 aromatic rings. The highest BCUT2D eigenvalue weighted by atomic mass is 19.1. The number of hydrogen-bond acceptors (Lipinski definition) is 5. The number of aliphatic hydroxyl groups is 1. The number of allylic oxidation sites excluding steroid dienone is 1. The van der Waals surface area contributed by atoms with Crippen LogP contribution in [0.25, 0.3) is 5.57 Å². The van der Waals surface area contributed by atoms with Gasteiger partial charge in [0.2, 0.25) is 0 Å². The second-order valence-corrected chi connectivity index (χ2v) is 9.16. The lowest BCUT2D eigenvalue weighted by Gasteiger charge is -2.34. The summed E-state index contributed by atoms with van der Waals surface area (Å²) in [6.07, 6.45) is 7.67. The van der Waals surface area contributed by atoms with Crippen molar-refractivity contribution in [2.75, 3.05) is 6.54 Å². The summed E-state index contributed by atoms with van der Waals surface area (Å²) >= 11 is 0. The SMILES string of the molecule is Oc1cc(O)c2c(c1)C(Oc1ccc(F)cc1C1=CC=NCC1)C(C1CCCC(O)C1)C2. The fourth-order valence-corrected chi connectivity index (χ4v) is 5.57. The number of aliphatic hydroxyl groups excluding tert-OH is 1. The average Bonchev–Trinajstić information content (AvgIpc) is 3.14. The van der Waals surface area contributed by atoms with Crippen molar-refractivity contribution in [3.8, 4) is 17.2 Å². The Morgan fingerprint density at radius 3 is 2.75 bits per heavy atom. The second-order valence-electron chi connectivity index (χ2n) is 9.16. The smallest absolute Gasteiger partial charge is 0.128 e. The molecule has 1 fully saturated rings. The van der Waals surface area contributed by atoms with E-state index in [4.69, 9.17) is 4.74 Å².